The first-order chi connectivity index (χ1) is 10.2. The van der Waals surface area contributed by atoms with Gasteiger partial charge in [-0.1, -0.05) is 6.07 Å². The normalized spacial score (nSPS) is 23.1. The zero-order valence-corrected chi connectivity index (χ0v) is 12.1. The van der Waals surface area contributed by atoms with Gasteiger partial charge in [0.25, 0.3) is 0 Å². The maximum Gasteiger partial charge on any atom is 0.247 e. The molecule has 0 bridgehead atoms. The Bertz CT molecular complexity index is 620. The molecule has 1 aliphatic carbocycles. The van der Waals surface area contributed by atoms with E-state index >= 15 is 0 Å². The summed E-state index contributed by atoms with van der Waals surface area (Å²) in [6.07, 6.45) is 8.62. The van der Waals surface area contributed by atoms with Crippen LogP contribution in [-0.4, -0.2) is 21.0 Å². The highest BCUT2D eigenvalue weighted by atomic mass is 16.1. The Balaban J connectivity index is 1.60. The number of nitrogens with one attached hydrogen (secondary N) is 2. The number of hydrogen-bond acceptors (Lipinski definition) is 4. The van der Waals surface area contributed by atoms with Crippen molar-refractivity contribution in [3.63, 3.8) is 0 Å². The third-order valence-electron chi connectivity index (χ3n) is 4.25. The second-order valence-corrected chi connectivity index (χ2v) is 5.72. The van der Waals surface area contributed by atoms with Crippen LogP contribution in [-0.2, 0) is 0 Å². The molecule has 0 radical (unpaired) electrons. The highest BCUT2D eigenvalue weighted by Crippen LogP contribution is 2.34. The van der Waals surface area contributed by atoms with Crippen LogP contribution in [0.15, 0.2) is 41.7 Å². The largest absolute Gasteiger partial charge is 0.329 e. The highest BCUT2D eigenvalue weighted by Gasteiger charge is 2.27. The summed E-state index contributed by atoms with van der Waals surface area (Å²) in [5.41, 5.74) is 2.22. The monoisotopic (exact) mass is 284 g/mol. The van der Waals surface area contributed by atoms with E-state index in [9.17, 15) is 4.79 Å². The van der Waals surface area contributed by atoms with E-state index in [0.29, 0.717) is 12.0 Å². The van der Waals surface area contributed by atoms with Crippen molar-refractivity contribution in [2.24, 2.45) is 0 Å². The van der Waals surface area contributed by atoms with E-state index in [0.717, 1.165) is 25.0 Å². The lowest BCUT2D eigenvalue weighted by Gasteiger charge is -2.19. The van der Waals surface area contributed by atoms with E-state index in [-0.39, 0.29) is 11.6 Å². The second-order valence-electron chi connectivity index (χ2n) is 5.72. The molecule has 0 aromatic carbocycles. The van der Waals surface area contributed by atoms with Gasteiger partial charge in [0, 0.05) is 30.5 Å². The molecular formula is C16H20N4O. The number of nitrogens with zero attached hydrogens (tertiary/aromatic N) is 2. The first-order valence-electron chi connectivity index (χ1n) is 7.43. The van der Waals surface area contributed by atoms with E-state index < -0.39 is 0 Å². The summed E-state index contributed by atoms with van der Waals surface area (Å²) < 4.78 is 0. The van der Waals surface area contributed by atoms with Crippen LogP contribution in [0.25, 0.3) is 0 Å². The van der Waals surface area contributed by atoms with Crippen LogP contribution in [0.4, 0.5) is 0 Å². The minimum Gasteiger partial charge on any atom is -0.329 e. The van der Waals surface area contributed by atoms with Crippen molar-refractivity contribution in [1.29, 1.82) is 0 Å². The topological polar surface area (TPSA) is 70.7 Å². The second kappa shape index (κ2) is 6.18. The van der Waals surface area contributed by atoms with E-state index in [2.05, 4.69) is 27.2 Å². The Labute approximate surface area is 123 Å². The van der Waals surface area contributed by atoms with Gasteiger partial charge >= 0.3 is 0 Å². The summed E-state index contributed by atoms with van der Waals surface area (Å²) in [6, 6.07) is 6.23. The maximum atomic E-state index is 11.1. The Morgan fingerprint density at radius 3 is 2.95 bits per heavy atom. The Morgan fingerprint density at radius 1 is 1.33 bits per heavy atom. The third kappa shape index (κ3) is 3.36. The van der Waals surface area contributed by atoms with E-state index in [1.165, 1.54) is 5.56 Å². The smallest absolute Gasteiger partial charge is 0.247 e. The molecule has 1 saturated carbocycles. The maximum absolute atomic E-state index is 11.1. The van der Waals surface area contributed by atoms with Gasteiger partial charge in [0.15, 0.2) is 0 Å². The van der Waals surface area contributed by atoms with Crippen molar-refractivity contribution in [2.45, 2.75) is 44.2 Å². The molecule has 5 heteroatoms. The van der Waals surface area contributed by atoms with Gasteiger partial charge in [-0.2, -0.15) is 0 Å². The van der Waals surface area contributed by atoms with Crippen molar-refractivity contribution in [2.75, 3.05) is 0 Å². The average Bonchev–Trinajstić information content (AvgIpc) is 2.97. The lowest BCUT2D eigenvalue weighted by atomic mass is 9.99. The van der Waals surface area contributed by atoms with Crippen molar-refractivity contribution in [3.05, 3.63) is 58.5 Å². The van der Waals surface area contributed by atoms with Crippen molar-refractivity contribution >= 4 is 0 Å². The molecule has 1 aliphatic rings. The molecule has 110 valence electrons. The van der Waals surface area contributed by atoms with Gasteiger partial charge in [-0.25, -0.2) is 9.97 Å². The summed E-state index contributed by atoms with van der Waals surface area (Å²) in [5, 5.41) is 3.64. The molecular weight excluding hydrogens is 264 g/mol. The summed E-state index contributed by atoms with van der Waals surface area (Å²) in [5.74, 6) is 0.525. The van der Waals surface area contributed by atoms with Gasteiger partial charge in [-0.3, -0.25) is 4.79 Å². The molecule has 2 N–H and O–H groups in total. The van der Waals surface area contributed by atoms with Crippen LogP contribution in [0.1, 0.15) is 49.4 Å². The standard InChI is InChI=1S/C16H20N4O/c1-11(15-6-7-17-10-19-15)20-14-4-2-12(8-14)13-3-5-16(21)18-9-13/h3,5-7,9-12,14,20H,2,4,8H2,1H3,(H,18,21)/t11?,12-,14?/m0/s1. The van der Waals surface area contributed by atoms with Gasteiger partial charge < -0.3 is 10.3 Å². The SMILES string of the molecule is CC(NC1CC[C@H](c2ccc(=O)[nH]c2)C1)c1ccncn1. The molecule has 5 nitrogen and oxygen atoms in total. The van der Waals surface area contributed by atoms with Crippen LogP contribution in [0.5, 0.6) is 0 Å². The van der Waals surface area contributed by atoms with Crippen molar-refractivity contribution in [1.82, 2.24) is 20.3 Å². The van der Waals surface area contributed by atoms with Crippen LogP contribution in [0, 0.1) is 0 Å². The minimum atomic E-state index is -0.0381. The van der Waals surface area contributed by atoms with Gasteiger partial charge in [0.2, 0.25) is 5.56 Å². The Kier molecular flexibility index (Phi) is 4.10. The zero-order chi connectivity index (χ0) is 14.7. The average molecular weight is 284 g/mol. The molecule has 0 amide bonds. The van der Waals surface area contributed by atoms with E-state index in [1.54, 1.807) is 18.6 Å². The quantitative estimate of drug-likeness (QED) is 0.902. The first-order valence-corrected chi connectivity index (χ1v) is 7.43. The van der Waals surface area contributed by atoms with E-state index in [1.807, 2.05) is 18.3 Å². The third-order valence-corrected chi connectivity index (χ3v) is 4.25. The fourth-order valence-electron chi connectivity index (χ4n) is 3.11. The Hall–Kier alpha value is -2.01. The number of rotatable bonds is 4. The molecule has 0 saturated heterocycles. The van der Waals surface area contributed by atoms with Crippen LogP contribution >= 0.6 is 0 Å². The van der Waals surface area contributed by atoms with Crippen LogP contribution in [0.3, 0.4) is 0 Å². The number of H-pyrrole nitrogens is 1. The minimum absolute atomic E-state index is 0.0381. The molecule has 2 unspecified atom stereocenters. The number of aromatic amines is 1. The number of pyridine rings is 1. The van der Waals surface area contributed by atoms with Gasteiger partial charge in [-0.05, 0) is 43.7 Å². The highest BCUT2D eigenvalue weighted by molar-refractivity contribution is 5.17. The van der Waals surface area contributed by atoms with Gasteiger partial charge in [-0.15, -0.1) is 0 Å². The predicted molar refractivity (Wildman–Crippen MR) is 81.0 cm³/mol. The lowest BCUT2D eigenvalue weighted by molar-refractivity contribution is 0.450. The molecule has 3 atom stereocenters. The fraction of sp³-hybridized carbons (Fsp3) is 0.438. The molecule has 3 rings (SSSR count). The predicted octanol–water partition coefficient (Wildman–Crippen LogP) is 2.15. The van der Waals surface area contributed by atoms with Crippen LogP contribution in [0.2, 0.25) is 0 Å². The first kappa shape index (κ1) is 13.9. The fourth-order valence-corrected chi connectivity index (χ4v) is 3.11. The summed E-state index contributed by atoms with van der Waals surface area (Å²) in [7, 11) is 0. The van der Waals surface area contributed by atoms with Gasteiger partial charge in [0.05, 0.1) is 5.69 Å². The number of hydrogen-bond donors (Lipinski definition) is 2. The molecule has 2 aromatic heterocycles. The molecule has 0 spiro atoms. The molecule has 2 aromatic rings. The molecule has 2 heterocycles. The molecule has 0 aliphatic heterocycles. The summed E-state index contributed by atoms with van der Waals surface area (Å²) >= 11 is 0. The summed E-state index contributed by atoms with van der Waals surface area (Å²) in [6.45, 7) is 2.13. The van der Waals surface area contributed by atoms with Gasteiger partial charge in [0.1, 0.15) is 6.33 Å². The number of aromatic nitrogens is 3. The lowest BCUT2D eigenvalue weighted by Crippen LogP contribution is -2.29. The van der Waals surface area contributed by atoms with Crippen molar-refractivity contribution in [3.8, 4) is 0 Å². The zero-order valence-electron chi connectivity index (χ0n) is 12.1. The van der Waals surface area contributed by atoms with Crippen LogP contribution < -0.4 is 10.9 Å². The molecule has 1 fully saturated rings. The summed E-state index contributed by atoms with van der Waals surface area (Å²) in [4.78, 5) is 22.1. The Morgan fingerprint density at radius 2 is 2.24 bits per heavy atom. The molecule has 21 heavy (non-hydrogen) atoms. The van der Waals surface area contributed by atoms with E-state index in [4.69, 9.17) is 0 Å². The van der Waals surface area contributed by atoms with Crippen molar-refractivity contribution < 1.29 is 0 Å².